The fourth-order valence-corrected chi connectivity index (χ4v) is 2.70. The molecule has 0 radical (unpaired) electrons. The van der Waals surface area contributed by atoms with Gasteiger partial charge in [-0.2, -0.15) is 0 Å². The molecule has 0 aromatic heterocycles. The highest BCUT2D eigenvalue weighted by atomic mass is 16.4. The largest absolute Gasteiger partial charge is 0.465 e. The van der Waals surface area contributed by atoms with Gasteiger partial charge in [0.15, 0.2) is 0 Å². The van der Waals surface area contributed by atoms with E-state index < -0.39 is 6.09 Å². The van der Waals surface area contributed by atoms with E-state index in [-0.39, 0.29) is 0 Å². The van der Waals surface area contributed by atoms with Crippen LogP contribution in [-0.2, 0) is 6.54 Å². The van der Waals surface area contributed by atoms with E-state index in [1.165, 1.54) is 4.90 Å². The van der Waals surface area contributed by atoms with Crippen molar-refractivity contribution in [3.05, 3.63) is 35.9 Å². The van der Waals surface area contributed by atoms with Gasteiger partial charge in [-0.3, -0.25) is 0 Å². The van der Waals surface area contributed by atoms with E-state index in [9.17, 15) is 9.90 Å². The fraction of sp³-hybridized carbons (Fsp3) is 0.533. The summed E-state index contributed by atoms with van der Waals surface area (Å²) in [5.41, 5.74) is 6.92. The third-order valence-electron chi connectivity index (χ3n) is 3.86. The predicted octanol–water partition coefficient (Wildman–Crippen LogP) is 2.68. The Morgan fingerprint density at radius 2 is 1.84 bits per heavy atom. The standard InChI is InChI=1S/C15H22N2O2/c16-14-8-6-13(7-9-14)11-17(15(18)19)10-12-4-2-1-3-5-12/h1-5,13-14H,6-11,16H2,(H,18,19)/t13-,14-. The topological polar surface area (TPSA) is 66.6 Å². The molecule has 0 heterocycles. The molecule has 0 atom stereocenters. The molecule has 0 spiro atoms. The average molecular weight is 262 g/mol. The molecule has 1 aliphatic rings. The first kappa shape index (κ1) is 13.9. The Balaban J connectivity index is 1.91. The monoisotopic (exact) mass is 262 g/mol. The normalized spacial score (nSPS) is 23.0. The number of nitrogens with zero attached hydrogens (tertiary/aromatic N) is 1. The summed E-state index contributed by atoms with van der Waals surface area (Å²) in [7, 11) is 0. The molecule has 4 heteroatoms. The zero-order chi connectivity index (χ0) is 13.7. The Morgan fingerprint density at radius 1 is 1.21 bits per heavy atom. The highest BCUT2D eigenvalue weighted by molar-refractivity contribution is 5.65. The molecule has 3 N–H and O–H groups in total. The molecule has 2 rings (SSSR count). The van der Waals surface area contributed by atoms with Crippen molar-refractivity contribution in [2.75, 3.05) is 6.54 Å². The van der Waals surface area contributed by atoms with E-state index in [2.05, 4.69) is 0 Å². The van der Waals surface area contributed by atoms with Crippen molar-refractivity contribution in [2.24, 2.45) is 11.7 Å². The Hall–Kier alpha value is -1.55. The molecule has 1 saturated carbocycles. The van der Waals surface area contributed by atoms with Crippen LogP contribution >= 0.6 is 0 Å². The molecular weight excluding hydrogens is 240 g/mol. The van der Waals surface area contributed by atoms with Gasteiger partial charge in [0.25, 0.3) is 0 Å². The van der Waals surface area contributed by atoms with Crippen molar-refractivity contribution >= 4 is 6.09 Å². The average Bonchev–Trinajstić information content (AvgIpc) is 2.41. The third-order valence-corrected chi connectivity index (χ3v) is 3.86. The number of carboxylic acid groups (broad SMARTS) is 1. The lowest BCUT2D eigenvalue weighted by atomic mass is 9.86. The van der Waals surface area contributed by atoms with Crippen LogP contribution in [0.25, 0.3) is 0 Å². The van der Waals surface area contributed by atoms with Crippen LogP contribution in [0.1, 0.15) is 31.2 Å². The van der Waals surface area contributed by atoms with Crippen LogP contribution in [-0.4, -0.2) is 28.7 Å². The Labute approximate surface area is 114 Å². The summed E-state index contributed by atoms with van der Waals surface area (Å²) in [5.74, 6) is 0.458. The highest BCUT2D eigenvalue weighted by Crippen LogP contribution is 2.24. The molecule has 0 unspecified atom stereocenters. The van der Waals surface area contributed by atoms with Crippen LogP contribution in [0.3, 0.4) is 0 Å². The van der Waals surface area contributed by atoms with Crippen LogP contribution in [0.5, 0.6) is 0 Å². The number of benzene rings is 1. The minimum atomic E-state index is -0.835. The van der Waals surface area contributed by atoms with Crippen molar-refractivity contribution in [2.45, 2.75) is 38.3 Å². The summed E-state index contributed by atoms with van der Waals surface area (Å²) in [5, 5.41) is 9.32. The van der Waals surface area contributed by atoms with Crippen molar-refractivity contribution in [1.82, 2.24) is 4.90 Å². The van der Waals surface area contributed by atoms with Gasteiger partial charge >= 0.3 is 6.09 Å². The van der Waals surface area contributed by atoms with E-state index >= 15 is 0 Å². The molecule has 1 aliphatic carbocycles. The summed E-state index contributed by atoms with van der Waals surface area (Å²) in [6, 6.07) is 10.1. The second-order valence-electron chi connectivity index (χ2n) is 5.43. The second kappa shape index (κ2) is 6.57. The van der Waals surface area contributed by atoms with E-state index in [0.717, 1.165) is 31.2 Å². The smallest absolute Gasteiger partial charge is 0.407 e. The zero-order valence-corrected chi connectivity index (χ0v) is 11.2. The van der Waals surface area contributed by atoms with Gasteiger partial charge in [-0.1, -0.05) is 30.3 Å². The van der Waals surface area contributed by atoms with Gasteiger partial charge < -0.3 is 15.7 Å². The molecule has 19 heavy (non-hydrogen) atoms. The molecule has 0 bridgehead atoms. The third kappa shape index (κ3) is 4.24. The van der Waals surface area contributed by atoms with Gasteiger partial charge in [0.1, 0.15) is 0 Å². The lowest BCUT2D eigenvalue weighted by molar-refractivity contribution is 0.126. The molecule has 1 aromatic carbocycles. The van der Waals surface area contributed by atoms with Crippen molar-refractivity contribution in [3.8, 4) is 0 Å². The van der Waals surface area contributed by atoms with Gasteiger partial charge in [-0.05, 0) is 37.2 Å². The van der Waals surface area contributed by atoms with E-state index in [4.69, 9.17) is 5.73 Å². The highest BCUT2D eigenvalue weighted by Gasteiger charge is 2.23. The molecule has 1 amide bonds. The number of hydrogen-bond donors (Lipinski definition) is 2. The molecule has 0 saturated heterocycles. The van der Waals surface area contributed by atoms with Crippen LogP contribution < -0.4 is 5.73 Å². The molecule has 4 nitrogen and oxygen atoms in total. The maximum atomic E-state index is 11.3. The maximum absolute atomic E-state index is 11.3. The molecular formula is C15H22N2O2. The van der Waals surface area contributed by atoms with Gasteiger partial charge in [-0.25, -0.2) is 4.79 Å². The summed E-state index contributed by atoms with van der Waals surface area (Å²) in [6.45, 7) is 1.09. The van der Waals surface area contributed by atoms with Gasteiger partial charge in [0.2, 0.25) is 0 Å². The number of nitrogens with two attached hydrogens (primary N) is 1. The van der Waals surface area contributed by atoms with Gasteiger partial charge in [-0.15, -0.1) is 0 Å². The van der Waals surface area contributed by atoms with Crippen LogP contribution in [0.4, 0.5) is 4.79 Å². The summed E-state index contributed by atoms with van der Waals surface area (Å²) >= 11 is 0. The Bertz CT molecular complexity index is 400. The van der Waals surface area contributed by atoms with Gasteiger partial charge in [0, 0.05) is 19.1 Å². The number of hydrogen-bond acceptors (Lipinski definition) is 2. The zero-order valence-electron chi connectivity index (χ0n) is 11.2. The Morgan fingerprint density at radius 3 is 2.42 bits per heavy atom. The van der Waals surface area contributed by atoms with Crippen molar-refractivity contribution < 1.29 is 9.90 Å². The first-order valence-corrected chi connectivity index (χ1v) is 6.92. The van der Waals surface area contributed by atoms with E-state index in [1.807, 2.05) is 30.3 Å². The maximum Gasteiger partial charge on any atom is 0.407 e. The second-order valence-corrected chi connectivity index (χ2v) is 5.43. The quantitative estimate of drug-likeness (QED) is 0.876. The van der Waals surface area contributed by atoms with Gasteiger partial charge in [0.05, 0.1) is 0 Å². The van der Waals surface area contributed by atoms with Crippen LogP contribution in [0, 0.1) is 5.92 Å². The van der Waals surface area contributed by atoms with Crippen molar-refractivity contribution in [3.63, 3.8) is 0 Å². The lowest BCUT2D eigenvalue weighted by Gasteiger charge is -2.30. The lowest BCUT2D eigenvalue weighted by Crippen LogP contribution is -2.36. The number of rotatable bonds is 4. The molecule has 0 aliphatic heterocycles. The van der Waals surface area contributed by atoms with E-state index in [0.29, 0.717) is 25.0 Å². The number of carbonyl (C=O) groups is 1. The molecule has 1 aromatic rings. The Kier molecular flexibility index (Phi) is 4.80. The first-order chi connectivity index (χ1) is 9.15. The minimum Gasteiger partial charge on any atom is -0.465 e. The van der Waals surface area contributed by atoms with Crippen LogP contribution in [0.2, 0.25) is 0 Å². The SMILES string of the molecule is N[C@H]1CC[C@H](CN(Cc2ccccc2)C(=O)O)CC1. The minimum absolute atomic E-state index is 0.309. The summed E-state index contributed by atoms with van der Waals surface area (Å²) in [4.78, 5) is 12.9. The summed E-state index contributed by atoms with van der Waals surface area (Å²) < 4.78 is 0. The first-order valence-electron chi connectivity index (χ1n) is 6.92. The van der Waals surface area contributed by atoms with E-state index in [1.54, 1.807) is 0 Å². The summed E-state index contributed by atoms with van der Waals surface area (Å²) in [6.07, 6.45) is 3.28. The number of amides is 1. The van der Waals surface area contributed by atoms with Crippen molar-refractivity contribution in [1.29, 1.82) is 0 Å². The van der Waals surface area contributed by atoms with Crippen LogP contribution in [0.15, 0.2) is 30.3 Å². The molecule has 1 fully saturated rings. The molecule has 104 valence electrons. The fourth-order valence-electron chi connectivity index (χ4n) is 2.70. The predicted molar refractivity (Wildman–Crippen MR) is 74.8 cm³/mol.